The molecule has 0 saturated carbocycles. The molecule has 0 aromatic carbocycles. The summed E-state index contributed by atoms with van der Waals surface area (Å²) in [6.45, 7) is 6.00. The second-order valence-electron chi connectivity index (χ2n) is 7.79. The molecule has 0 unspecified atom stereocenters. The topological polar surface area (TPSA) is 71.0 Å². The number of amides is 1. The number of ether oxygens (including phenoxy) is 2. The van der Waals surface area contributed by atoms with Crippen LogP contribution in [0, 0.1) is 0 Å². The molecule has 4 heterocycles. The molecule has 0 bridgehead atoms. The molecule has 2 aliphatic heterocycles. The van der Waals surface area contributed by atoms with E-state index in [0.29, 0.717) is 13.2 Å². The number of likely N-dealkylation sites (tertiary alicyclic amines) is 1. The van der Waals surface area contributed by atoms with E-state index in [-0.39, 0.29) is 23.8 Å². The summed E-state index contributed by atoms with van der Waals surface area (Å²) in [5.41, 5.74) is 0.913. The summed E-state index contributed by atoms with van der Waals surface area (Å²) in [6, 6.07) is 2.42. The van der Waals surface area contributed by atoms with Crippen LogP contribution in [0.4, 0.5) is 5.82 Å². The van der Waals surface area contributed by atoms with Crippen LogP contribution in [0.1, 0.15) is 17.7 Å². The molecule has 30 heavy (non-hydrogen) atoms. The summed E-state index contributed by atoms with van der Waals surface area (Å²) in [7, 11) is 3.44. The Bertz CT molecular complexity index is 881. The van der Waals surface area contributed by atoms with Gasteiger partial charge in [-0.1, -0.05) is 0 Å². The second-order valence-corrected chi connectivity index (χ2v) is 9.26. The van der Waals surface area contributed by atoms with Gasteiger partial charge in [0.2, 0.25) is 11.2 Å². The first-order chi connectivity index (χ1) is 14.5. The van der Waals surface area contributed by atoms with Gasteiger partial charge in [-0.3, -0.25) is 9.69 Å². The number of anilines is 1. The van der Waals surface area contributed by atoms with E-state index >= 15 is 0 Å². The molecule has 10 heteroatoms. The van der Waals surface area contributed by atoms with Gasteiger partial charge in [0.25, 0.3) is 0 Å². The minimum absolute atomic E-state index is 0.0477. The molecule has 0 aliphatic carbocycles. The predicted octanol–water partition coefficient (Wildman–Crippen LogP) is 2.25. The molecule has 2 saturated heterocycles. The lowest BCUT2D eigenvalue weighted by molar-refractivity contribution is -0.136. The van der Waals surface area contributed by atoms with Gasteiger partial charge in [0.1, 0.15) is 6.61 Å². The maximum Gasteiger partial charge on any atom is 0.248 e. The van der Waals surface area contributed by atoms with E-state index in [1.165, 1.54) is 4.88 Å². The zero-order valence-electron chi connectivity index (χ0n) is 17.5. The molecular weight excluding hydrogens is 426 g/mol. The van der Waals surface area contributed by atoms with Crippen molar-refractivity contribution < 1.29 is 14.3 Å². The van der Waals surface area contributed by atoms with E-state index in [1.54, 1.807) is 18.4 Å². The number of piperidine rings is 1. The van der Waals surface area contributed by atoms with Crippen LogP contribution in [0.3, 0.4) is 0 Å². The third kappa shape index (κ3) is 4.86. The molecule has 164 valence electrons. The normalized spacial score (nSPS) is 18.8. The van der Waals surface area contributed by atoms with E-state index in [9.17, 15) is 4.79 Å². The molecule has 2 aromatic rings. The van der Waals surface area contributed by atoms with E-state index in [2.05, 4.69) is 25.8 Å². The lowest BCUT2D eigenvalue weighted by Gasteiger charge is -2.36. The van der Waals surface area contributed by atoms with Gasteiger partial charge in [-0.05, 0) is 30.5 Å². The van der Waals surface area contributed by atoms with Crippen molar-refractivity contribution in [3.05, 3.63) is 16.2 Å². The monoisotopic (exact) mass is 453 g/mol. The number of rotatable bonds is 6. The summed E-state index contributed by atoms with van der Waals surface area (Å²) in [5, 5.41) is 0.290. The van der Waals surface area contributed by atoms with Crippen molar-refractivity contribution in [1.29, 1.82) is 0 Å². The van der Waals surface area contributed by atoms with Gasteiger partial charge in [-0.2, -0.15) is 4.98 Å². The van der Waals surface area contributed by atoms with E-state index in [4.69, 9.17) is 21.1 Å². The average molecular weight is 454 g/mol. The number of aromatic nitrogens is 2. The van der Waals surface area contributed by atoms with Gasteiger partial charge < -0.3 is 19.3 Å². The Hall–Kier alpha value is -1.52. The van der Waals surface area contributed by atoms with E-state index < -0.39 is 0 Å². The van der Waals surface area contributed by atoms with Crippen LogP contribution in [0.25, 0.3) is 10.2 Å². The van der Waals surface area contributed by atoms with Gasteiger partial charge in [-0.15, -0.1) is 11.3 Å². The molecule has 8 nitrogen and oxygen atoms in total. The highest BCUT2D eigenvalue weighted by Crippen LogP contribution is 2.34. The Morgan fingerprint density at radius 2 is 2.03 bits per heavy atom. The van der Waals surface area contributed by atoms with Crippen molar-refractivity contribution in [3.8, 4) is 0 Å². The third-order valence-electron chi connectivity index (χ3n) is 5.83. The largest absolute Gasteiger partial charge is 0.378 e. The van der Waals surface area contributed by atoms with Gasteiger partial charge in [0.15, 0.2) is 5.82 Å². The highest BCUT2D eigenvalue weighted by atomic mass is 35.5. The molecule has 2 fully saturated rings. The highest BCUT2D eigenvalue weighted by Gasteiger charge is 2.26. The van der Waals surface area contributed by atoms with Gasteiger partial charge in [-0.25, -0.2) is 4.98 Å². The van der Waals surface area contributed by atoms with Gasteiger partial charge in [0.05, 0.1) is 23.4 Å². The quantitative estimate of drug-likeness (QED) is 0.621. The number of nitrogens with zero attached hydrogens (tertiary/aromatic N) is 5. The molecule has 0 atom stereocenters. The first kappa shape index (κ1) is 21.7. The number of fused-ring (bicyclic) bond motifs is 1. The molecule has 0 radical (unpaired) electrons. The van der Waals surface area contributed by atoms with Crippen LogP contribution in [-0.4, -0.2) is 91.9 Å². The maximum atomic E-state index is 12.1. The Balaban J connectivity index is 1.42. The van der Waals surface area contributed by atoms with Crippen molar-refractivity contribution in [2.45, 2.75) is 25.4 Å². The van der Waals surface area contributed by atoms with Crippen molar-refractivity contribution in [2.75, 3.05) is 65.1 Å². The van der Waals surface area contributed by atoms with Crippen LogP contribution >= 0.6 is 22.9 Å². The lowest BCUT2D eigenvalue weighted by Crippen LogP contribution is -2.46. The van der Waals surface area contributed by atoms with Gasteiger partial charge >= 0.3 is 0 Å². The third-order valence-corrected chi connectivity index (χ3v) is 7.11. The van der Waals surface area contributed by atoms with Crippen LogP contribution in [0.2, 0.25) is 5.28 Å². The van der Waals surface area contributed by atoms with E-state index in [1.807, 2.05) is 11.9 Å². The van der Waals surface area contributed by atoms with Crippen LogP contribution in [0.15, 0.2) is 6.07 Å². The van der Waals surface area contributed by atoms with Crippen molar-refractivity contribution in [1.82, 2.24) is 19.8 Å². The van der Waals surface area contributed by atoms with Crippen molar-refractivity contribution >= 4 is 44.9 Å². The summed E-state index contributed by atoms with van der Waals surface area (Å²) in [6.07, 6.45) is 1.95. The first-order valence-corrected chi connectivity index (χ1v) is 11.5. The Labute approximate surface area is 185 Å². The van der Waals surface area contributed by atoms with Crippen LogP contribution < -0.4 is 4.90 Å². The number of likely N-dealkylation sites (N-methyl/N-ethyl adjacent to an activating group) is 1. The minimum atomic E-state index is 0.0477. The standard InChI is InChI=1S/C20H28ClN5O3S/c1-24(17(27)13-28-2)14-3-5-25(6-4-14)12-15-11-16-18(30-15)19(23-20(21)22-16)26-7-9-29-10-8-26/h11,14H,3-10,12-13H2,1-2H3. The molecule has 0 N–H and O–H groups in total. The van der Waals surface area contributed by atoms with E-state index in [0.717, 1.165) is 61.6 Å². The summed E-state index contributed by atoms with van der Waals surface area (Å²) >= 11 is 7.96. The Kier molecular flexibility index (Phi) is 7.05. The smallest absolute Gasteiger partial charge is 0.248 e. The van der Waals surface area contributed by atoms with Crippen LogP contribution in [-0.2, 0) is 20.8 Å². The molecule has 0 spiro atoms. The second kappa shape index (κ2) is 9.74. The molecule has 1 amide bonds. The molecule has 2 aromatic heterocycles. The van der Waals surface area contributed by atoms with Crippen molar-refractivity contribution in [2.24, 2.45) is 0 Å². The predicted molar refractivity (Wildman–Crippen MR) is 118 cm³/mol. The number of carbonyl (C=O) groups is 1. The minimum Gasteiger partial charge on any atom is -0.378 e. The maximum absolute atomic E-state index is 12.1. The fraction of sp³-hybridized carbons (Fsp3) is 0.650. The highest BCUT2D eigenvalue weighted by molar-refractivity contribution is 7.19. The number of morpholine rings is 1. The van der Waals surface area contributed by atoms with Gasteiger partial charge in [0, 0.05) is 57.8 Å². The molecular formula is C20H28ClN5O3S. The summed E-state index contributed by atoms with van der Waals surface area (Å²) in [4.78, 5) is 28.8. The number of methoxy groups -OCH3 is 1. The van der Waals surface area contributed by atoms with Crippen molar-refractivity contribution in [3.63, 3.8) is 0 Å². The number of halogens is 1. The summed E-state index contributed by atoms with van der Waals surface area (Å²) < 4.78 is 11.5. The SMILES string of the molecule is COCC(=O)N(C)C1CCN(Cc2cc3nc(Cl)nc(N4CCOCC4)c3s2)CC1. The Morgan fingerprint density at radius 1 is 1.30 bits per heavy atom. The fourth-order valence-electron chi connectivity index (χ4n) is 4.12. The number of carbonyl (C=O) groups excluding carboxylic acids is 1. The zero-order chi connectivity index (χ0) is 21.1. The average Bonchev–Trinajstić information content (AvgIpc) is 3.16. The number of thiophene rings is 1. The summed E-state index contributed by atoms with van der Waals surface area (Å²) in [5.74, 6) is 0.966. The zero-order valence-corrected chi connectivity index (χ0v) is 19.0. The first-order valence-electron chi connectivity index (χ1n) is 10.3. The molecule has 2 aliphatic rings. The Morgan fingerprint density at radius 3 is 2.73 bits per heavy atom. The lowest BCUT2D eigenvalue weighted by atomic mass is 10.0. The van der Waals surface area contributed by atoms with Crippen LogP contribution in [0.5, 0.6) is 0 Å². The molecule has 4 rings (SSSR count). The fourth-order valence-corrected chi connectivity index (χ4v) is 5.44. The number of hydrogen-bond donors (Lipinski definition) is 0. The number of hydrogen-bond acceptors (Lipinski definition) is 8.